The molecule has 1 aromatic heterocycles. The predicted octanol–water partition coefficient (Wildman–Crippen LogP) is 4.45. The molecule has 0 N–H and O–H groups in total. The van der Waals surface area contributed by atoms with E-state index in [0.29, 0.717) is 30.9 Å². The summed E-state index contributed by atoms with van der Waals surface area (Å²) in [5, 5.41) is 0. The molecule has 0 aliphatic heterocycles. The number of hydrogen-bond acceptors (Lipinski definition) is 5. The van der Waals surface area contributed by atoms with Crippen molar-refractivity contribution in [2.75, 3.05) is 13.7 Å². The van der Waals surface area contributed by atoms with Crippen LogP contribution in [0.4, 0.5) is 8.78 Å². The largest absolute Gasteiger partial charge is 0.490 e. The Morgan fingerprint density at radius 1 is 1.21 bits per heavy atom. The van der Waals surface area contributed by atoms with E-state index >= 15 is 0 Å². The maximum atomic E-state index is 12.5. The van der Waals surface area contributed by atoms with Crippen molar-refractivity contribution in [3.05, 3.63) is 57.0 Å². The number of benzene rings is 2. The maximum Gasteiger partial charge on any atom is 0.421 e. The molecule has 0 fully saturated rings. The summed E-state index contributed by atoms with van der Waals surface area (Å²) in [7, 11) is 1.84. The van der Waals surface area contributed by atoms with Gasteiger partial charge >= 0.3 is 12.4 Å². The molecule has 3 rings (SSSR count). The number of hydrogen-bond donors (Lipinski definition) is 0. The van der Waals surface area contributed by atoms with E-state index in [1.807, 2.05) is 24.1 Å². The van der Waals surface area contributed by atoms with Gasteiger partial charge in [0.1, 0.15) is 0 Å². The van der Waals surface area contributed by atoms with Crippen molar-refractivity contribution >= 4 is 27.0 Å². The number of aromatic nitrogens is 1. The molecule has 0 spiro atoms. The average molecular weight is 457 g/mol. The van der Waals surface area contributed by atoms with Gasteiger partial charge in [0.2, 0.25) is 0 Å². The lowest BCUT2D eigenvalue weighted by Gasteiger charge is -2.18. The number of ether oxygens (including phenoxy) is 2. The Labute approximate surface area is 168 Å². The Morgan fingerprint density at radius 2 is 2.00 bits per heavy atom. The van der Waals surface area contributed by atoms with E-state index in [1.165, 1.54) is 10.6 Å². The number of fused-ring (bicyclic) bond motifs is 1. The standard InChI is InChI=1S/C19H19BrF2N2O4/c1-3-26-17-8-12(4-7-15(17)27-18(21)22)10-23(2)11-24-14-6-5-13(20)9-16(14)28-19(24)25/h4-9,18H,3,10-11H2,1-2H3. The van der Waals surface area contributed by atoms with Crippen molar-refractivity contribution in [3.63, 3.8) is 0 Å². The maximum absolute atomic E-state index is 12.5. The lowest BCUT2D eigenvalue weighted by molar-refractivity contribution is -0.0514. The molecule has 28 heavy (non-hydrogen) atoms. The number of alkyl halides is 2. The first-order valence-corrected chi connectivity index (χ1v) is 9.34. The molecule has 0 saturated carbocycles. The second-order valence-corrected chi connectivity index (χ2v) is 7.07. The van der Waals surface area contributed by atoms with Crippen LogP contribution in [-0.2, 0) is 13.2 Å². The Balaban J connectivity index is 1.78. The van der Waals surface area contributed by atoms with E-state index in [9.17, 15) is 13.6 Å². The monoisotopic (exact) mass is 456 g/mol. The minimum Gasteiger partial charge on any atom is -0.490 e. The van der Waals surface area contributed by atoms with Crippen LogP contribution in [0.2, 0.25) is 0 Å². The topological polar surface area (TPSA) is 56.8 Å². The molecule has 0 radical (unpaired) electrons. The van der Waals surface area contributed by atoms with Crippen molar-refractivity contribution in [3.8, 4) is 11.5 Å². The minimum absolute atomic E-state index is 0.00845. The number of halogens is 3. The van der Waals surface area contributed by atoms with Crippen molar-refractivity contribution in [1.82, 2.24) is 9.47 Å². The zero-order valence-corrected chi connectivity index (χ0v) is 16.9. The third kappa shape index (κ3) is 4.71. The summed E-state index contributed by atoms with van der Waals surface area (Å²) >= 11 is 3.35. The van der Waals surface area contributed by atoms with E-state index in [4.69, 9.17) is 9.15 Å². The van der Waals surface area contributed by atoms with Crippen molar-refractivity contribution in [2.45, 2.75) is 26.7 Å². The molecule has 0 atom stereocenters. The SMILES string of the molecule is CCOc1cc(CN(C)Cn2c(=O)oc3cc(Br)ccc32)ccc1OC(F)F. The molecule has 3 aromatic rings. The fraction of sp³-hybridized carbons (Fsp3) is 0.316. The van der Waals surface area contributed by atoms with Gasteiger partial charge in [-0.2, -0.15) is 8.78 Å². The molecule has 6 nitrogen and oxygen atoms in total. The van der Waals surface area contributed by atoms with Crippen LogP contribution in [0.3, 0.4) is 0 Å². The zero-order chi connectivity index (χ0) is 20.3. The van der Waals surface area contributed by atoms with Gasteiger partial charge in [-0.3, -0.25) is 9.47 Å². The summed E-state index contributed by atoms with van der Waals surface area (Å²) in [5.74, 6) is -0.203. The normalized spacial score (nSPS) is 11.5. The zero-order valence-electron chi connectivity index (χ0n) is 15.3. The van der Waals surface area contributed by atoms with Gasteiger partial charge in [-0.15, -0.1) is 0 Å². The molecule has 0 aliphatic carbocycles. The Hall–Kier alpha value is -2.39. The fourth-order valence-electron chi connectivity index (χ4n) is 2.89. The smallest absolute Gasteiger partial charge is 0.421 e. The van der Waals surface area contributed by atoms with Crippen LogP contribution in [0.1, 0.15) is 12.5 Å². The first kappa shape index (κ1) is 20.3. The highest BCUT2D eigenvalue weighted by Gasteiger charge is 2.14. The fourth-order valence-corrected chi connectivity index (χ4v) is 3.23. The third-order valence-corrected chi connectivity index (χ3v) is 4.48. The minimum atomic E-state index is -2.92. The molecule has 150 valence electrons. The summed E-state index contributed by atoms with van der Waals surface area (Å²) in [4.78, 5) is 14.1. The summed E-state index contributed by atoms with van der Waals surface area (Å²) < 4.78 is 42.6. The van der Waals surface area contributed by atoms with Crippen LogP contribution in [0.25, 0.3) is 11.1 Å². The molecule has 0 amide bonds. The molecule has 0 unspecified atom stereocenters. The van der Waals surface area contributed by atoms with Gasteiger partial charge in [-0.05, 0) is 49.9 Å². The quantitative estimate of drug-likeness (QED) is 0.501. The van der Waals surface area contributed by atoms with Crippen LogP contribution in [0.15, 0.2) is 50.1 Å². The van der Waals surface area contributed by atoms with E-state index in [-0.39, 0.29) is 11.5 Å². The Kier molecular flexibility index (Phi) is 6.35. The number of nitrogens with zero attached hydrogens (tertiary/aromatic N) is 2. The van der Waals surface area contributed by atoms with Gasteiger partial charge in [0.15, 0.2) is 17.1 Å². The van der Waals surface area contributed by atoms with Crippen molar-refractivity contribution < 1.29 is 22.7 Å². The predicted molar refractivity (Wildman–Crippen MR) is 104 cm³/mol. The molecule has 9 heteroatoms. The summed E-state index contributed by atoms with van der Waals surface area (Å²) in [6.07, 6.45) is 0. The summed E-state index contributed by atoms with van der Waals surface area (Å²) in [6, 6.07) is 10.2. The molecule has 2 aromatic carbocycles. The van der Waals surface area contributed by atoms with Crippen molar-refractivity contribution in [1.29, 1.82) is 0 Å². The molecule has 0 aliphatic rings. The van der Waals surface area contributed by atoms with Crippen LogP contribution in [0.5, 0.6) is 11.5 Å². The Morgan fingerprint density at radius 3 is 2.71 bits per heavy atom. The molecule has 0 saturated heterocycles. The van der Waals surface area contributed by atoms with Gasteiger partial charge in [-0.25, -0.2) is 4.79 Å². The second-order valence-electron chi connectivity index (χ2n) is 6.16. The van der Waals surface area contributed by atoms with Gasteiger partial charge in [0.05, 0.1) is 18.8 Å². The van der Waals surface area contributed by atoms with Gasteiger partial charge in [0, 0.05) is 11.0 Å². The molecule has 0 bridgehead atoms. The van der Waals surface area contributed by atoms with Gasteiger partial charge in [0.25, 0.3) is 0 Å². The van der Waals surface area contributed by atoms with E-state index in [0.717, 1.165) is 10.0 Å². The first-order valence-electron chi connectivity index (χ1n) is 8.55. The van der Waals surface area contributed by atoms with Crippen molar-refractivity contribution in [2.24, 2.45) is 0 Å². The number of rotatable bonds is 8. The van der Waals surface area contributed by atoms with E-state index in [1.54, 1.807) is 25.1 Å². The molecule has 1 heterocycles. The van der Waals surface area contributed by atoms with Crippen LogP contribution >= 0.6 is 15.9 Å². The van der Waals surface area contributed by atoms with Gasteiger partial charge in [-0.1, -0.05) is 22.0 Å². The highest BCUT2D eigenvalue weighted by atomic mass is 79.9. The third-order valence-electron chi connectivity index (χ3n) is 3.99. The van der Waals surface area contributed by atoms with Crippen LogP contribution < -0.4 is 15.2 Å². The summed E-state index contributed by atoms with van der Waals surface area (Å²) in [5.41, 5.74) is 2.02. The second kappa shape index (κ2) is 8.74. The molecular formula is C19H19BrF2N2O4. The number of oxazole rings is 1. The highest BCUT2D eigenvalue weighted by Crippen LogP contribution is 2.30. The average Bonchev–Trinajstić information content (AvgIpc) is 2.91. The van der Waals surface area contributed by atoms with Crippen LogP contribution in [-0.4, -0.2) is 29.7 Å². The highest BCUT2D eigenvalue weighted by molar-refractivity contribution is 9.10. The van der Waals surface area contributed by atoms with Gasteiger partial charge < -0.3 is 13.9 Å². The lowest BCUT2D eigenvalue weighted by atomic mass is 10.2. The lowest BCUT2D eigenvalue weighted by Crippen LogP contribution is -2.27. The molecular weight excluding hydrogens is 438 g/mol. The van der Waals surface area contributed by atoms with E-state index < -0.39 is 12.4 Å². The first-order chi connectivity index (χ1) is 13.4. The van der Waals surface area contributed by atoms with E-state index in [2.05, 4.69) is 20.7 Å². The Bertz CT molecular complexity index is 1020. The van der Waals surface area contributed by atoms with Crippen LogP contribution in [0, 0.1) is 0 Å². The summed E-state index contributed by atoms with van der Waals surface area (Å²) in [6.45, 7) is -0.0730.